The minimum absolute atomic E-state index is 0. The molecule has 0 rings (SSSR count). The predicted molar refractivity (Wildman–Crippen MR) is 23.6 cm³/mol. The molecule has 0 fully saturated rings. The van der Waals surface area contributed by atoms with Crippen LogP contribution in [0.5, 0.6) is 0 Å². The smallest absolute Gasteiger partial charge is 0 e. The molecule has 0 aliphatic rings. The van der Waals surface area contributed by atoms with E-state index in [1.165, 1.54) is 0 Å². The molecule has 0 unspecified atom stereocenters. The van der Waals surface area contributed by atoms with Crippen LogP contribution in [0, 0.1) is 0 Å². The van der Waals surface area contributed by atoms with Crippen LogP contribution in [0.25, 0.3) is 0 Å². The zero-order valence-electron chi connectivity index (χ0n) is 1.60. The molecule has 0 aliphatic heterocycles. The van der Waals surface area contributed by atoms with Gasteiger partial charge in [-0.1, -0.05) is 0 Å². The summed E-state index contributed by atoms with van der Waals surface area (Å²) in [5.74, 6) is 0. The Labute approximate surface area is 51.9 Å². The number of hydrogen-bond acceptors (Lipinski definition) is 0. The normalized spacial score (nSPS) is 0. The maximum absolute atomic E-state index is 0. The molecule has 0 heterocycles. The van der Waals surface area contributed by atoms with Gasteiger partial charge in [0.25, 0.3) is 0 Å². The first-order valence-corrected chi connectivity index (χ1v) is 0. The molecular weight excluding hydrogens is 122 g/mol. The monoisotopic (exact) mass is 124 g/mol. The molecule has 0 amide bonds. The Hall–Kier alpha value is 1.19. The fourth-order valence-corrected chi connectivity index (χ4v) is 0. The zero-order valence-corrected chi connectivity index (χ0v) is 5.18. The summed E-state index contributed by atoms with van der Waals surface area (Å²) in [6, 6.07) is 0. The minimum Gasteiger partial charge on any atom is 0 e. The Morgan fingerprint density at radius 3 is 1.00 bits per heavy atom. The van der Waals surface area contributed by atoms with Crippen molar-refractivity contribution in [2.24, 2.45) is 0 Å². The SMILES string of the molecule is B.[Al].[Ga].[N]. The van der Waals surface area contributed by atoms with Crippen molar-refractivity contribution >= 4 is 45.6 Å². The van der Waals surface area contributed by atoms with Gasteiger partial charge in [-0.25, -0.2) is 0 Å². The number of hydrogen-bond donors (Lipinski definition) is 0. The second kappa shape index (κ2) is 30.0. The Balaban J connectivity index is 0. The third-order valence-electron chi connectivity index (χ3n) is 0. The fraction of sp³-hybridized carbons (Fsp3) is 0. The molecule has 1 nitrogen and oxygen atoms in total. The first-order valence-electron chi connectivity index (χ1n) is 0. The van der Waals surface area contributed by atoms with Crippen LogP contribution in [0.2, 0.25) is 0 Å². The molecule has 4 heteroatoms. The van der Waals surface area contributed by atoms with E-state index in [1.54, 1.807) is 0 Å². The van der Waals surface area contributed by atoms with Crippen molar-refractivity contribution in [3.8, 4) is 0 Å². The van der Waals surface area contributed by atoms with Crippen molar-refractivity contribution in [2.45, 2.75) is 0 Å². The van der Waals surface area contributed by atoms with Gasteiger partial charge in [-0.2, -0.15) is 0 Å². The van der Waals surface area contributed by atoms with Crippen LogP contribution in [0.4, 0.5) is 0 Å². The average molecular weight is 125 g/mol. The predicted octanol–water partition coefficient (Wildman–Crippen LogP) is -2.43. The molecule has 0 N–H and O–H groups in total. The molecule has 0 atom stereocenters. The molecule has 0 saturated heterocycles. The number of nitrogens with zero attached hydrogens (tertiary/aromatic N) is 1. The maximum atomic E-state index is 0. The van der Waals surface area contributed by atoms with E-state index in [0.717, 1.165) is 0 Å². The number of rotatable bonds is 0. The largest absolute Gasteiger partial charge is 0.0814 e. The standard InChI is InChI=1S/Al.BH3.Ga.N/h;1H3;;. The molecular formula is H3AlBGaN. The van der Waals surface area contributed by atoms with E-state index in [-0.39, 0.29) is 51.7 Å². The molecule has 0 aromatic heterocycles. The van der Waals surface area contributed by atoms with Gasteiger partial charge in [0.2, 0.25) is 0 Å². The van der Waals surface area contributed by atoms with Gasteiger partial charge >= 0.3 is 0 Å². The molecule has 9 radical (unpaired) electrons. The van der Waals surface area contributed by atoms with Gasteiger partial charge in [0, 0.05) is 43.3 Å². The van der Waals surface area contributed by atoms with Gasteiger partial charge in [-0.3, -0.25) is 0 Å². The minimum atomic E-state index is 0. The fourth-order valence-electron chi connectivity index (χ4n) is 0. The van der Waals surface area contributed by atoms with Crippen molar-refractivity contribution < 1.29 is 0 Å². The Kier molecular flexibility index (Phi) is 481. The maximum Gasteiger partial charge on any atom is 0.0814 e. The van der Waals surface area contributed by atoms with Crippen molar-refractivity contribution in [1.82, 2.24) is 6.15 Å². The van der Waals surface area contributed by atoms with E-state index < -0.39 is 0 Å². The molecule has 0 aromatic rings. The van der Waals surface area contributed by atoms with Crippen molar-refractivity contribution in [3.63, 3.8) is 0 Å². The van der Waals surface area contributed by atoms with Gasteiger partial charge in [0.15, 0.2) is 0 Å². The van der Waals surface area contributed by atoms with Crippen molar-refractivity contribution in [2.75, 3.05) is 0 Å². The third kappa shape index (κ3) is 10.8. The van der Waals surface area contributed by atoms with Crippen LogP contribution < -0.4 is 6.15 Å². The molecule has 0 bridgehead atoms. The van der Waals surface area contributed by atoms with Gasteiger partial charge in [0.1, 0.15) is 0 Å². The van der Waals surface area contributed by atoms with E-state index in [4.69, 9.17) is 0 Å². The molecule has 0 aromatic carbocycles. The van der Waals surface area contributed by atoms with Crippen molar-refractivity contribution in [3.05, 3.63) is 0 Å². The van der Waals surface area contributed by atoms with E-state index in [9.17, 15) is 0 Å². The zero-order chi connectivity index (χ0) is 0. The summed E-state index contributed by atoms with van der Waals surface area (Å²) in [7, 11) is 0. The topological polar surface area (TPSA) is 30.5 Å². The second-order valence-corrected chi connectivity index (χ2v) is 0. The summed E-state index contributed by atoms with van der Waals surface area (Å²) in [5, 5.41) is 0. The molecule has 0 spiro atoms. The Bertz CT molecular complexity index is 8.00. The van der Waals surface area contributed by atoms with Gasteiger partial charge in [-0.05, 0) is 0 Å². The van der Waals surface area contributed by atoms with Gasteiger partial charge in [0.05, 0.1) is 8.41 Å². The van der Waals surface area contributed by atoms with Gasteiger partial charge < -0.3 is 0 Å². The van der Waals surface area contributed by atoms with E-state index in [1.807, 2.05) is 0 Å². The first-order chi connectivity index (χ1) is 0. The Morgan fingerprint density at radius 2 is 1.00 bits per heavy atom. The first kappa shape index (κ1) is 64.1. The quantitative estimate of drug-likeness (QED) is 0.322. The van der Waals surface area contributed by atoms with Crippen LogP contribution in [0.3, 0.4) is 0 Å². The van der Waals surface area contributed by atoms with Crippen LogP contribution in [0.15, 0.2) is 0 Å². The average Bonchev–Trinajstić information content (AvgIpc) is 0. The summed E-state index contributed by atoms with van der Waals surface area (Å²) in [6.07, 6.45) is 0. The van der Waals surface area contributed by atoms with E-state index >= 15 is 0 Å². The van der Waals surface area contributed by atoms with Crippen molar-refractivity contribution in [1.29, 1.82) is 0 Å². The summed E-state index contributed by atoms with van der Waals surface area (Å²) < 4.78 is 0. The van der Waals surface area contributed by atoms with Crippen LogP contribution in [0.1, 0.15) is 0 Å². The summed E-state index contributed by atoms with van der Waals surface area (Å²) in [4.78, 5) is 0. The van der Waals surface area contributed by atoms with Crippen LogP contribution in [-0.4, -0.2) is 45.6 Å². The Morgan fingerprint density at radius 1 is 1.00 bits per heavy atom. The third-order valence-corrected chi connectivity index (χ3v) is 0. The van der Waals surface area contributed by atoms with E-state index in [0.29, 0.717) is 0 Å². The van der Waals surface area contributed by atoms with Gasteiger partial charge in [-0.15, -0.1) is 0 Å². The summed E-state index contributed by atoms with van der Waals surface area (Å²) >= 11 is 0. The molecule has 0 saturated carbocycles. The van der Waals surface area contributed by atoms with Crippen LogP contribution >= 0.6 is 0 Å². The van der Waals surface area contributed by atoms with E-state index in [2.05, 4.69) is 0 Å². The summed E-state index contributed by atoms with van der Waals surface area (Å²) in [5.41, 5.74) is 0. The molecule has 4 heavy (non-hydrogen) atoms. The molecule has 0 aliphatic carbocycles. The second-order valence-electron chi connectivity index (χ2n) is 0. The summed E-state index contributed by atoms with van der Waals surface area (Å²) in [6.45, 7) is 0. The van der Waals surface area contributed by atoms with Crippen LogP contribution in [-0.2, 0) is 0 Å². The molecule has 17 valence electrons.